The fourth-order valence-corrected chi connectivity index (χ4v) is 2.06. The Bertz CT molecular complexity index is 275. The van der Waals surface area contributed by atoms with Crippen LogP contribution in [0.1, 0.15) is 25.7 Å². The largest absolute Gasteiger partial charge is 0.481 e. The molecule has 5 heteroatoms. The van der Waals surface area contributed by atoms with Gasteiger partial charge in [-0.1, -0.05) is 0 Å². The molecule has 0 radical (unpaired) electrons. The normalized spacial score (nSPS) is 23.5. The number of nitrogens with zero attached hydrogens (tertiary/aromatic N) is 1. The molecule has 0 aromatic rings. The summed E-state index contributed by atoms with van der Waals surface area (Å²) in [5.41, 5.74) is 0. The lowest BCUT2D eigenvalue weighted by molar-refractivity contribution is -0.138. The van der Waals surface area contributed by atoms with E-state index in [1.165, 1.54) is 0 Å². The summed E-state index contributed by atoms with van der Waals surface area (Å²) in [7, 11) is 0. The molecule has 2 rings (SSSR count). The Morgan fingerprint density at radius 1 is 1.60 bits per heavy atom. The van der Waals surface area contributed by atoms with Crippen LogP contribution in [0.15, 0.2) is 0 Å². The Morgan fingerprint density at radius 2 is 2.33 bits per heavy atom. The van der Waals surface area contributed by atoms with Crippen molar-refractivity contribution in [2.24, 2.45) is 5.92 Å². The highest BCUT2D eigenvalue weighted by atomic mass is 16.6. The lowest BCUT2D eigenvalue weighted by Crippen LogP contribution is -2.46. The molecule has 15 heavy (non-hydrogen) atoms. The Morgan fingerprint density at radius 3 is 2.87 bits per heavy atom. The number of carbonyl (C=O) groups is 2. The first kappa shape index (κ1) is 10.3. The van der Waals surface area contributed by atoms with Crippen molar-refractivity contribution < 1.29 is 19.4 Å². The van der Waals surface area contributed by atoms with Gasteiger partial charge in [0.15, 0.2) is 0 Å². The van der Waals surface area contributed by atoms with Crippen molar-refractivity contribution in [1.29, 1.82) is 0 Å². The van der Waals surface area contributed by atoms with Gasteiger partial charge in [0.05, 0.1) is 13.0 Å². The number of carboxylic acids is 1. The predicted octanol–water partition coefficient (Wildman–Crippen LogP) is 1.08. The molecule has 1 saturated heterocycles. The van der Waals surface area contributed by atoms with Crippen molar-refractivity contribution in [2.75, 3.05) is 13.2 Å². The zero-order valence-electron chi connectivity index (χ0n) is 8.52. The van der Waals surface area contributed by atoms with E-state index in [2.05, 4.69) is 0 Å². The fraction of sp³-hybridized carbons (Fsp3) is 0.800. The van der Waals surface area contributed by atoms with Crippen LogP contribution >= 0.6 is 0 Å². The standard InChI is InChI=1S/C10H15NO4/c12-9(13)6-8(7-2-3-7)11-4-1-5-15-10(11)14/h7-8H,1-6H2,(H,12,13). The van der Waals surface area contributed by atoms with E-state index in [1.807, 2.05) is 0 Å². The minimum atomic E-state index is -0.842. The quantitative estimate of drug-likeness (QED) is 0.758. The molecular weight excluding hydrogens is 198 g/mol. The number of carboxylic acid groups (broad SMARTS) is 1. The summed E-state index contributed by atoms with van der Waals surface area (Å²) in [6.45, 7) is 1.09. The van der Waals surface area contributed by atoms with Crippen LogP contribution in [0.25, 0.3) is 0 Å². The van der Waals surface area contributed by atoms with E-state index < -0.39 is 5.97 Å². The summed E-state index contributed by atoms with van der Waals surface area (Å²) in [5, 5.41) is 8.80. The van der Waals surface area contributed by atoms with Gasteiger partial charge in [-0.3, -0.25) is 4.79 Å². The first-order valence-electron chi connectivity index (χ1n) is 5.33. The molecule has 1 saturated carbocycles. The highest BCUT2D eigenvalue weighted by Gasteiger charge is 2.40. The number of hydrogen-bond donors (Lipinski definition) is 1. The zero-order valence-corrected chi connectivity index (χ0v) is 8.52. The molecule has 1 unspecified atom stereocenters. The first-order valence-corrected chi connectivity index (χ1v) is 5.33. The van der Waals surface area contributed by atoms with Crippen LogP contribution in [0.4, 0.5) is 4.79 Å². The van der Waals surface area contributed by atoms with E-state index in [9.17, 15) is 9.59 Å². The Kier molecular flexibility index (Phi) is 2.79. The van der Waals surface area contributed by atoms with Gasteiger partial charge in [-0.2, -0.15) is 0 Å². The SMILES string of the molecule is O=C(O)CC(C1CC1)N1CCCOC1=O. The highest BCUT2D eigenvalue weighted by molar-refractivity contribution is 5.72. The summed E-state index contributed by atoms with van der Waals surface area (Å²) in [6, 6.07) is -0.157. The topological polar surface area (TPSA) is 66.8 Å². The van der Waals surface area contributed by atoms with Gasteiger partial charge in [-0.15, -0.1) is 0 Å². The van der Waals surface area contributed by atoms with Crippen LogP contribution in [0, 0.1) is 5.92 Å². The summed E-state index contributed by atoms with van der Waals surface area (Å²) in [4.78, 5) is 23.8. The average Bonchev–Trinajstić information content (AvgIpc) is 2.98. The molecule has 5 nitrogen and oxygen atoms in total. The summed E-state index contributed by atoms with van der Waals surface area (Å²) in [5.74, 6) is -0.475. The molecule has 1 heterocycles. The number of hydrogen-bond acceptors (Lipinski definition) is 3. The summed E-state index contributed by atoms with van der Waals surface area (Å²) in [6.07, 6.45) is 2.55. The minimum absolute atomic E-state index is 0.0414. The molecule has 0 spiro atoms. The van der Waals surface area contributed by atoms with Crippen molar-refractivity contribution in [3.8, 4) is 0 Å². The maximum atomic E-state index is 11.5. The minimum Gasteiger partial charge on any atom is -0.481 e. The van der Waals surface area contributed by atoms with E-state index in [-0.39, 0.29) is 18.6 Å². The van der Waals surface area contributed by atoms with Gasteiger partial charge in [-0.25, -0.2) is 4.79 Å². The van der Waals surface area contributed by atoms with Crippen molar-refractivity contribution >= 4 is 12.1 Å². The Hall–Kier alpha value is -1.26. The molecule has 1 aliphatic heterocycles. The lowest BCUT2D eigenvalue weighted by Gasteiger charge is -2.33. The molecular formula is C10H15NO4. The molecule has 0 bridgehead atoms. The molecule has 0 aromatic carbocycles. The molecule has 0 aromatic heterocycles. The third-order valence-electron chi connectivity index (χ3n) is 2.95. The van der Waals surface area contributed by atoms with Crippen LogP contribution in [0.3, 0.4) is 0 Å². The number of aliphatic carboxylic acids is 1. The fourth-order valence-electron chi connectivity index (χ4n) is 2.06. The molecule has 1 N–H and O–H groups in total. The van der Waals surface area contributed by atoms with Crippen LogP contribution in [0.5, 0.6) is 0 Å². The predicted molar refractivity (Wildman–Crippen MR) is 51.4 cm³/mol. The van der Waals surface area contributed by atoms with E-state index >= 15 is 0 Å². The maximum Gasteiger partial charge on any atom is 0.410 e. The molecule has 84 valence electrons. The second kappa shape index (κ2) is 4.08. The number of amides is 1. The monoisotopic (exact) mass is 213 g/mol. The number of rotatable bonds is 4. The molecule has 1 aliphatic carbocycles. The number of cyclic esters (lactones) is 1. The van der Waals surface area contributed by atoms with E-state index in [4.69, 9.17) is 9.84 Å². The highest BCUT2D eigenvalue weighted by Crippen LogP contribution is 2.37. The lowest BCUT2D eigenvalue weighted by atomic mass is 10.1. The van der Waals surface area contributed by atoms with E-state index in [1.54, 1.807) is 4.90 Å². The Balaban J connectivity index is 2.01. The van der Waals surface area contributed by atoms with Gasteiger partial charge in [0.25, 0.3) is 0 Å². The third-order valence-corrected chi connectivity index (χ3v) is 2.95. The van der Waals surface area contributed by atoms with Gasteiger partial charge < -0.3 is 14.7 Å². The van der Waals surface area contributed by atoms with Crippen LogP contribution in [-0.2, 0) is 9.53 Å². The second-order valence-corrected chi connectivity index (χ2v) is 4.16. The molecule has 2 fully saturated rings. The third kappa shape index (κ3) is 2.40. The Labute approximate surface area is 88.0 Å². The van der Waals surface area contributed by atoms with Crippen molar-refractivity contribution in [3.05, 3.63) is 0 Å². The molecule has 2 aliphatic rings. The van der Waals surface area contributed by atoms with Crippen molar-refractivity contribution in [2.45, 2.75) is 31.7 Å². The second-order valence-electron chi connectivity index (χ2n) is 4.16. The van der Waals surface area contributed by atoms with Crippen molar-refractivity contribution in [1.82, 2.24) is 4.90 Å². The smallest absolute Gasteiger partial charge is 0.410 e. The zero-order chi connectivity index (χ0) is 10.8. The van der Waals surface area contributed by atoms with Crippen molar-refractivity contribution in [3.63, 3.8) is 0 Å². The molecule has 1 atom stereocenters. The van der Waals surface area contributed by atoms with Crippen LogP contribution < -0.4 is 0 Å². The number of ether oxygens (including phenoxy) is 1. The first-order chi connectivity index (χ1) is 7.18. The summed E-state index contributed by atoms with van der Waals surface area (Å²) < 4.78 is 4.93. The summed E-state index contributed by atoms with van der Waals surface area (Å²) >= 11 is 0. The van der Waals surface area contributed by atoms with Crippen LogP contribution in [-0.4, -0.2) is 41.3 Å². The van der Waals surface area contributed by atoms with E-state index in [0.29, 0.717) is 19.1 Å². The maximum absolute atomic E-state index is 11.5. The van der Waals surface area contributed by atoms with Gasteiger partial charge in [0.1, 0.15) is 0 Å². The van der Waals surface area contributed by atoms with Gasteiger partial charge in [0, 0.05) is 12.6 Å². The van der Waals surface area contributed by atoms with Crippen LogP contribution in [0.2, 0.25) is 0 Å². The number of carbonyl (C=O) groups excluding carboxylic acids is 1. The molecule has 1 amide bonds. The van der Waals surface area contributed by atoms with Gasteiger partial charge in [-0.05, 0) is 25.2 Å². The van der Waals surface area contributed by atoms with Gasteiger partial charge in [0.2, 0.25) is 0 Å². The van der Waals surface area contributed by atoms with E-state index in [0.717, 1.165) is 19.3 Å². The average molecular weight is 213 g/mol. The van der Waals surface area contributed by atoms with Gasteiger partial charge >= 0.3 is 12.1 Å².